The number of hydrogen-bond donors (Lipinski definition) is 1. The van der Waals surface area contributed by atoms with E-state index in [0.29, 0.717) is 16.8 Å². The highest BCUT2D eigenvalue weighted by molar-refractivity contribution is 6.07. The Hall–Kier alpha value is -2.75. The van der Waals surface area contributed by atoms with Gasteiger partial charge in [0.15, 0.2) is 5.78 Å². The molecule has 0 saturated heterocycles. The van der Waals surface area contributed by atoms with E-state index in [-0.39, 0.29) is 17.5 Å². The molecule has 0 spiro atoms. The molecule has 0 radical (unpaired) electrons. The Bertz CT molecular complexity index is 707. The second kappa shape index (κ2) is 6.61. The number of benzene rings is 2. The highest BCUT2D eigenvalue weighted by Crippen LogP contribution is 2.13. The third-order valence-corrected chi connectivity index (χ3v) is 2.79. The molecule has 3 nitrogen and oxygen atoms in total. The molecule has 0 unspecified atom stereocenters. The van der Waals surface area contributed by atoms with Crippen LogP contribution in [-0.2, 0) is 4.79 Å². The van der Waals surface area contributed by atoms with E-state index in [1.807, 2.05) is 0 Å². The Balaban J connectivity index is 2.17. The first-order valence-electron chi connectivity index (χ1n) is 6.41. The summed E-state index contributed by atoms with van der Waals surface area (Å²) in [4.78, 5) is 23.0. The Morgan fingerprint density at radius 3 is 2.57 bits per heavy atom. The molecule has 1 amide bonds. The lowest BCUT2D eigenvalue weighted by Gasteiger charge is -2.03. The summed E-state index contributed by atoms with van der Waals surface area (Å²) >= 11 is 0. The van der Waals surface area contributed by atoms with Gasteiger partial charge in [-0.2, -0.15) is 0 Å². The van der Waals surface area contributed by atoms with Crippen molar-refractivity contribution in [3.8, 4) is 0 Å². The maximum Gasteiger partial charge on any atom is 0.221 e. The van der Waals surface area contributed by atoms with E-state index in [4.69, 9.17) is 0 Å². The van der Waals surface area contributed by atoms with Gasteiger partial charge >= 0.3 is 0 Å². The molecule has 0 aliphatic rings. The fourth-order valence-corrected chi connectivity index (χ4v) is 1.83. The van der Waals surface area contributed by atoms with Crippen LogP contribution in [-0.4, -0.2) is 11.7 Å². The van der Waals surface area contributed by atoms with E-state index in [1.165, 1.54) is 25.1 Å². The zero-order chi connectivity index (χ0) is 15.2. The van der Waals surface area contributed by atoms with Crippen LogP contribution < -0.4 is 5.32 Å². The number of hydrogen-bond acceptors (Lipinski definition) is 2. The lowest BCUT2D eigenvalue weighted by Crippen LogP contribution is -2.06. The molecule has 1 N–H and O–H groups in total. The summed E-state index contributed by atoms with van der Waals surface area (Å²) in [5, 5.41) is 2.61. The fraction of sp³-hybridized carbons (Fsp3) is 0.0588. The van der Waals surface area contributed by atoms with Crippen molar-refractivity contribution in [2.24, 2.45) is 0 Å². The number of ketones is 1. The number of rotatable bonds is 4. The lowest BCUT2D eigenvalue weighted by molar-refractivity contribution is -0.114. The predicted molar refractivity (Wildman–Crippen MR) is 80.5 cm³/mol. The number of nitrogens with one attached hydrogen (secondary N) is 1. The molecule has 2 rings (SSSR count). The first kappa shape index (κ1) is 14.7. The smallest absolute Gasteiger partial charge is 0.221 e. The van der Waals surface area contributed by atoms with E-state index >= 15 is 0 Å². The van der Waals surface area contributed by atoms with Gasteiger partial charge in [0, 0.05) is 23.7 Å². The van der Waals surface area contributed by atoms with Crippen molar-refractivity contribution in [3.63, 3.8) is 0 Å². The average Bonchev–Trinajstić information content (AvgIpc) is 2.45. The second-order valence-corrected chi connectivity index (χ2v) is 4.48. The summed E-state index contributed by atoms with van der Waals surface area (Å²) in [6.07, 6.45) is 2.74. The van der Waals surface area contributed by atoms with Crippen molar-refractivity contribution in [3.05, 3.63) is 71.6 Å². The lowest BCUT2D eigenvalue weighted by atomic mass is 10.1. The molecule has 0 bridgehead atoms. The van der Waals surface area contributed by atoms with Gasteiger partial charge in [-0.05, 0) is 30.4 Å². The van der Waals surface area contributed by atoms with Crippen molar-refractivity contribution < 1.29 is 14.0 Å². The molecule has 2 aromatic rings. The summed E-state index contributed by atoms with van der Waals surface area (Å²) in [5.41, 5.74) is 1.32. The van der Waals surface area contributed by atoms with E-state index in [1.54, 1.807) is 42.5 Å². The van der Waals surface area contributed by atoms with E-state index in [9.17, 15) is 14.0 Å². The third kappa shape index (κ3) is 4.11. The Morgan fingerprint density at radius 2 is 1.86 bits per heavy atom. The minimum Gasteiger partial charge on any atom is -0.326 e. The molecule has 0 aliphatic heterocycles. The summed E-state index contributed by atoms with van der Waals surface area (Å²) < 4.78 is 13.4. The van der Waals surface area contributed by atoms with Crippen LogP contribution in [0.3, 0.4) is 0 Å². The van der Waals surface area contributed by atoms with Crippen molar-refractivity contribution >= 4 is 23.5 Å². The van der Waals surface area contributed by atoms with Gasteiger partial charge in [-0.3, -0.25) is 9.59 Å². The standard InChI is InChI=1S/C17H14FNO2/c1-12(20)19-15-7-4-6-14(11-15)17(21)10-9-13-5-2-3-8-16(13)18/h2-11H,1H3,(H,19,20)/b10-9+. The Kier molecular flexibility index (Phi) is 4.61. The van der Waals surface area contributed by atoms with Crippen molar-refractivity contribution in [2.75, 3.05) is 5.32 Å². The highest BCUT2D eigenvalue weighted by Gasteiger charge is 2.04. The van der Waals surface area contributed by atoms with Crippen LogP contribution in [0.15, 0.2) is 54.6 Å². The molecule has 0 aromatic heterocycles. The van der Waals surface area contributed by atoms with Crippen molar-refractivity contribution in [1.82, 2.24) is 0 Å². The third-order valence-electron chi connectivity index (χ3n) is 2.79. The van der Waals surface area contributed by atoms with Crippen LogP contribution in [0.2, 0.25) is 0 Å². The molecular formula is C17H14FNO2. The van der Waals surface area contributed by atoms with Gasteiger partial charge in [0.2, 0.25) is 5.91 Å². The zero-order valence-corrected chi connectivity index (χ0v) is 11.5. The molecule has 106 valence electrons. The second-order valence-electron chi connectivity index (χ2n) is 4.48. The van der Waals surface area contributed by atoms with Gasteiger partial charge in [0.05, 0.1) is 0 Å². The fourth-order valence-electron chi connectivity index (χ4n) is 1.83. The molecule has 0 fully saturated rings. The number of allylic oxidation sites excluding steroid dienone is 1. The van der Waals surface area contributed by atoms with Crippen LogP contribution >= 0.6 is 0 Å². The summed E-state index contributed by atoms with van der Waals surface area (Å²) in [7, 11) is 0. The monoisotopic (exact) mass is 283 g/mol. The molecular weight excluding hydrogens is 269 g/mol. The number of halogens is 1. The molecule has 4 heteroatoms. The number of carbonyl (C=O) groups excluding carboxylic acids is 2. The Labute approximate surface area is 122 Å². The minimum atomic E-state index is -0.381. The van der Waals surface area contributed by atoms with Crippen LogP contribution in [0.1, 0.15) is 22.8 Å². The average molecular weight is 283 g/mol. The van der Waals surface area contributed by atoms with Gasteiger partial charge in [-0.25, -0.2) is 4.39 Å². The van der Waals surface area contributed by atoms with Gasteiger partial charge in [-0.1, -0.05) is 30.3 Å². The van der Waals surface area contributed by atoms with Crippen LogP contribution in [0.4, 0.5) is 10.1 Å². The molecule has 0 heterocycles. The van der Waals surface area contributed by atoms with Crippen molar-refractivity contribution in [2.45, 2.75) is 6.92 Å². The maximum absolute atomic E-state index is 13.4. The quantitative estimate of drug-likeness (QED) is 0.687. The number of carbonyl (C=O) groups is 2. The SMILES string of the molecule is CC(=O)Nc1cccc(C(=O)/C=C/c2ccccc2F)c1. The molecule has 0 atom stereocenters. The predicted octanol–water partition coefficient (Wildman–Crippen LogP) is 3.68. The first-order chi connectivity index (χ1) is 10.1. The summed E-state index contributed by atoms with van der Waals surface area (Å²) in [6, 6.07) is 12.8. The molecule has 21 heavy (non-hydrogen) atoms. The van der Waals surface area contributed by atoms with Crippen LogP contribution in [0, 0.1) is 5.82 Å². The van der Waals surface area contributed by atoms with Gasteiger partial charge in [-0.15, -0.1) is 0 Å². The van der Waals surface area contributed by atoms with Gasteiger partial charge in [0.1, 0.15) is 5.82 Å². The minimum absolute atomic E-state index is 0.207. The van der Waals surface area contributed by atoms with Crippen LogP contribution in [0.25, 0.3) is 6.08 Å². The highest BCUT2D eigenvalue weighted by atomic mass is 19.1. The van der Waals surface area contributed by atoms with Gasteiger partial charge < -0.3 is 5.32 Å². The van der Waals surface area contributed by atoms with Crippen LogP contribution in [0.5, 0.6) is 0 Å². The molecule has 2 aromatic carbocycles. The topological polar surface area (TPSA) is 46.2 Å². The Morgan fingerprint density at radius 1 is 1.10 bits per heavy atom. The number of anilines is 1. The molecule has 0 aliphatic carbocycles. The van der Waals surface area contributed by atoms with E-state index in [0.717, 1.165) is 0 Å². The summed E-state index contributed by atoms with van der Waals surface area (Å²) in [5.74, 6) is -0.847. The van der Waals surface area contributed by atoms with E-state index in [2.05, 4.69) is 5.32 Å². The molecule has 0 saturated carbocycles. The van der Waals surface area contributed by atoms with E-state index < -0.39 is 0 Å². The number of amides is 1. The first-order valence-corrected chi connectivity index (χ1v) is 6.41. The zero-order valence-electron chi connectivity index (χ0n) is 11.5. The summed E-state index contributed by atoms with van der Waals surface area (Å²) in [6.45, 7) is 1.40. The van der Waals surface area contributed by atoms with Crippen molar-refractivity contribution in [1.29, 1.82) is 0 Å². The van der Waals surface area contributed by atoms with Gasteiger partial charge in [0.25, 0.3) is 0 Å². The maximum atomic E-state index is 13.4. The largest absolute Gasteiger partial charge is 0.326 e. The normalized spacial score (nSPS) is 10.6.